The fourth-order valence-electron chi connectivity index (χ4n) is 1.30. The van der Waals surface area contributed by atoms with Crippen LogP contribution >= 0.6 is 11.3 Å². The smallest absolute Gasteiger partial charge is 0.269 e. The second kappa shape index (κ2) is 4.76. The normalized spacial score (nSPS) is 10.0. The first-order valence-corrected chi connectivity index (χ1v) is 5.69. The van der Waals surface area contributed by atoms with Crippen LogP contribution in [0.4, 0.5) is 11.4 Å². The van der Waals surface area contributed by atoms with Gasteiger partial charge in [-0.05, 0) is 34.5 Å². The van der Waals surface area contributed by atoms with Crippen LogP contribution < -0.4 is 5.32 Å². The number of anilines is 1. The molecule has 0 aliphatic heterocycles. The second-order valence-corrected chi connectivity index (χ2v) is 4.07. The van der Waals surface area contributed by atoms with E-state index >= 15 is 0 Å². The van der Waals surface area contributed by atoms with Gasteiger partial charge >= 0.3 is 0 Å². The first kappa shape index (κ1) is 10.6. The zero-order valence-electron chi connectivity index (χ0n) is 8.42. The van der Waals surface area contributed by atoms with Crippen molar-refractivity contribution < 1.29 is 4.92 Å². The number of benzene rings is 1. The average molecular weight is 234 g/mol. The Morgan fingerprint density at radius 2 is 2.00 bits per heavy atom. The number of nitrogens with one attached hydrogen (secondary N) is 1. The van der Waals surface area contributed by atoms with Crippen molar-refractivity contribution in [3.05, 3.63) is 56.8 Å². The molecule has 4 nitrogen and oxygen atoms in total. The van der Waals surface area contributed by atoms with E-state index in [1.807, 2.05) is 11.4 Å². The highest BCUT2D eigenvalue weighted by atomic mass is 32.1. The van der Waals surface area contributed by atoms with Crippen LogP contribution in [0.1, 0.15) is 5.56 Å². The summed E-state index contributed by atoms with van der Waals surface area (Å²) in [5.74, 6) is 0. The van der Waals surface area contributed by atoms with Crippen molar-refractivity contribution in [2.45, 2.75) is 6.54 Å². The van der Waals surface area contributed by atoms with Gasteiger partial charge in [0.1, 0.15) is 0 Å². The maximum Gasteiger partial charge on any atom is 0.269 e. The van der Waals surface area contributed by atoms with E-state index in [2.05, 4.69) is 10.7 Å². The van der Waals surface area contributed by atoms with Gasteiger partial charge in [0.05, 0.1) is 4.92 Å². The summed E-state index contributed by atoms with van der Waals surface area (Å²) in [6.07, 6.45) is 0. The van der Waals surface area contributed by atoms with Crippen LogP contribution in [-0.2, 0) is 6.54 Å². The molecule has 1 aromatic carbocycles. The Bertz CT molecular complexity index is 465. The van der Waals surface area contributed by atoms with Crippen molar-refractivity contribution in [2.75, 3.05) is 5.32 Å². The molecule has 0 amide bonds. The van der Waals surface area contributed by atoms with Crippen molar-refractivity contribution in [3.8, 4) is 0 Å². The van der Waals surface area contributed by atoms with Crippen LogP contribution in [0.3, 0.4) is 0 Å². The summed E-state index contributed by atoms with van der Waals surface area (Å²) in [4.78, 5) is 10.0. The molecule has 1 aromatic heterocycles. The lowest BCUT2D eigenvalue weighted by Crippen LogP contribution is -1.97. The van der Waals surface area contributed by atoms with Gasteiger partial charge in [0, 0.05) is 24.4 Å². The highest BCUT2D eigenvalue weighted by Crippen LogP contribution is 2.16. The molecule has 82 valence electrons. The summed E-state index contributed by atoms with van der Waals surface area (Å²) in [5.41, 5.74) is 2.21. The molecule has 0 radical (unpaired) electrons. The van der Waals surface area contributed by atoms with Gasteiger partial charge < -0.3 is 5.32 Å². The summed E-state index contributed by atoms with van der Waals surface area (Å²) in [6.45, 7) is 0.737. The number of non-ortho nitro benzene ring substituents is 1. The highest BCUT2D eigenvalue weighted by molar-refractivity contribution is 7.07. The lowest BCUT2D eigenvalue weighted by Gasteiger charge is -2.03. The largest absolute Gasteiger partial charge is 0.381 e. The molecule has 0 aliphatic rings. The van der Waals surface area contributed by atoms with E-state index in [1.54, 1.807) is 23.5 Å². The molecule has 0 atom stereocenters. The van der Waals surface area contributed by atoms with Crippen molar-refractivity contribution in [3.63, 3.8) is 0 Å². The lowest BCUT2D eigenvalue weighted by molar-refractivity contribution is -0.384. The Morgan fingerprint density at radius 3 is 2.56 bits per heavy atom. The van der Waals surface area contributed by atoms with Crippen LogP contribution in [0.2, 0.25) is 0 Å². The topological polar surface area (TPSA) is 55.2 Å². The highest BCUT2D eigenvalue weighted by Gasteiger charge is 2.03. The van der Waals surface area contributed by atoms with Gasteiger partial charge in [-0.2, -0.15) is 11.3 Å². The van der Waals surface area contributed by atoms with Crippen molar-refractivity contribution >= 4 is 22.7 Å². The number of hydrogen-bond donors (Lipinski definition) is 1. The maximum atomic E-state index is 10.4. The SMILES string of the molecule is O=[N+]([O-])c1ccc(NCc2ccsc2)cc1. The molecule has 0 bridgehead atoms. The Kier molecular flexibility index (Phi) is 3.16. The summed E-state index contributed by atoms with van der Waals surface area (Å²) in [6, 6.07) is 8.46. The molecule has 5 heteroatoms. The first-order chi connectivity index (χ1) is 7.75. The third-order valence-electron chi connectivity index (χ3n) is 2.15. The van der Waals surface area contributed by atoms with E-state index in [0.29, 0.717) is 0 Å². The number of hydrogen-bond acceptors (Lipinski definition) is 4. The van der Waals surface area contributed by atoms with E-state index in [-0.39, 0.29) is 5.69 Å². The van der Waals surface area contributed by atoms with Gasteiger partial charge in [-0.3, -0.25) is 10.1 Å². The quantitative estimate of drug-likeness (QED) is 0.652. The predicted molar refractivity (Wildman–Crippen MR) is 64.7 cm³/mol. The van der Waals surface area contributed by atoms with Gasteiger partial charge in [-0.25, -0.2) is 0 Å². The second-order valence-electron chi connectivity index (χ2n) is 3.29. The maximum absolute atomic E-state index is 10.4. The van der Waals surface area contributed by atoms with E-state index in [1.165, 1.54) is 17.7 Å². The molecule has 0 saturated heterocycles. The Balaban J connectivity index is 1.98. The van der Waals surface area contributed by atoms with Gasteiger partial charge in [0.25, 0.3) is 5.69 Å². The van der Waals surface area contributed by atoms with Crippen molar-refractivity contribution in [1.29, 1.82) is 0 Å². The molecule has 0 fully saturated rings. The Labute approximate surface area is 96.7 Å². The van der Waals surface area contributed by atoms with Crippen LogP contribution in [0.15, 0.2) is 41.1 Å². The van der Waals surface area contributed by atoms with E-state index in [0.717, 1.165) is 12.2 Å². The third-order valence-corrected chi connectivity index (χ3v) is 2.89. The third kappa shape index (κ3) is 2.58. The summed E-state index contributed by atoms with van der Waals surface area (Å²) >= 11 is 1.65. The molecule has 0 aliphatic carbocycles. The van der Waals surface area contributed by atoms with E-state index < -0.39 is 4.92 Å². The van der Waals surface area contributed by atoms with E-state index in [4.69, 9.17) is 0 Å². The number of nitro benzene ring substituents is 1. The standard InChI is InChI=1S/C11H10N2O2S/c14-13(15)11-3-1-10(2-4-11)12-7-9-5-6-16-8-9/h1-6,8,12H,7H2. The van der Waals surface area contributed by atoms with Crippen molar-refractivity contribution in [1.82, 2.24) is 0 Å². The minimum absolute atomic E-state index is 0.112. The van der Waals surface area contributed by atoms with Crippen LogP contribution in [0.5, 0.6) is 0 Å². The molecular formula is C11H10N2O2S. The lowest BCUT2D eigenvalue weighted by atomic mass is 10.2. The minimum Gasteiger partial charge on any atom is -0.381 e. The van der Waals surface area contributed by atoms with E-state index in [9.17, 15) is 10.1 Å². The predicted octanol–water partition coefficient (Wildman–Crippen LogP) is 3.27. The van der Waals surface area contributed by atoms with Crippen LogP contribution in [0.25, 0.3) is 0 Å². The average Bonchev–Trinajstić information content (AvgIpc) is 2.80. The molecular weight excluding hydrogens is 224 g/mol. The number of nitrogens with zero attached hydrogens (tertiary/aromatic N) is 1. The molecule has 2 aromatic rings. The summed E-state index contributed by atoms with van der Waals surface area (Å²) < 4.78 is 0. The molecule has 2 rings (SSSR count). The van der Waals surface area contributed by atoms with Gasteiger partial charge in [0.2, 0.25) is 0 Å². The fraction of sp³-hybridized carbons (Fsp3) is 0.0909. The first-order valence-electron chi connectivity index (χ1n) is 4.75. The molecule has 1 heterocycles. The Morgan fingerprint density at radius 1 is 1.25 bits per heavy atom. The molecule has 0 spiro atoms. The monoisotopic (exact) mass is 234 g/mol. The molecule has 0 saturated carbocycles. The van der Waals surface area contributed by atoms with Crippen LogP contribution in [0, 0.1) is 10.1 Å². The molecule has 16 heavy (non-hydrogen) atoms. The van der Waals surface area contributed by atoms with Gasteiger partial charge in [0.15, 0.2) is 0 Å². The summed E-state index contributed by atoms with van der Waals surface area (Å²) in [5, 5.41) is 17.7. The Hall–Kier alpha value is -1.88. The number of rotatable bonds is 4. The minimum atomic E-state index is -0.400. The van der Waals surface area contributed by atoms with Gasteiger partial charge in [-0.1, -0.05) is 0 Å². The van der Waals surface area contributed by atoms with Gasteiger partial charge in [-0.15, -0.1) is 0 Å². The summed E-state index contributed by atoms with van der Waals surface area (Å²) in [7, 11) is 0. The molecule has 0 unspecified atom stereocenters. The fourth-order valence-corrected chi connectivity index (χ4v) is 1.97. The van der Waals surface area contributed by atoms with Crippen molar-refractivity contribution in [2.24, 2.45) is 0 Å². The number of thiophene rings is 1. The zero-order chi connectivity index (χ0) is 11.4. The van der Waals surface area contributed by atoms with Crippen LogP contribution in [-0.4, -0.2) is 4.92 Å². The number of nitro groups is 1. The molecule has 1 N–H and O–H groups in total. The zero-order valence-corrected chi connectivity index (χ0v) is 9.24.